The van der Waals surface area contributed by atoms with Crippen molar-refractivity contribution in [3.63, 3.8) is 0 Å². The van der Waals surface area contributed by atoms with Crippen LogP contribution in [0.1, 0.15) is 11.1 Å². The first-order valence-electron chi connectivity index (χ1n) is 4.28. The lowest BCUT2D eigenvalue weighted by molar-refractivity contribution is 1.34. The van der Waals surface area contributed by atoms with Crippen LogP contribution in [0.25, 0.3) is 10.9 Å². The van der Waals surface area contributed by atoms with Gasteiger partial charge in [-0.25, -0.2) is 0 Å². The Kier molecular flexibility index (Phi) is 2.52. The number of hydrogen-bond acceptors (Lipinski definition) is 2. The second-order valence-corrected chi connectivity index (χ2v) is 3.95. The second-order valence-electron chi connectivity index (χ2n) is 3.17. The van der Waals surface area contributed by atoms with Crippen LogP contribution in [0.15, 0.2) is 18.3 Å². The molecule has 0 radical (unpaired) electrons. The quantitative estimate of drug-likeness (QED) is 0.700. The molecule has 0 aliphatic carbocycles. The van der Waals surface area contributed by atoms with Crippen LogP contribution in [0.3, 0.4) is 0 Å². The summed E-state index contributed by atoms with van der Waals surface area (Å²) < 4.78 is 0. The third kappa shape index (κ3) is 1.54. The standard InChI is InChI=1S/C11H6Cl2N2/c1-6-9(12)3-2-8-10(13)7(4-14)5-15-11(6)8/h2-3,5H,1H3. The molecule has 0 unspecified atom stereocenters. The van der Waals surface area contributed by atoms with Gasteiger partial charge in [0.05, 0.1) is 16.1 Å². The Morgan fingerprint density at radius 2 is 2.07 bits per heavy atom. The second kappa shape index (κ2) is 3.69. The molecular formula is C11H6Cl2N2. The first-order valence-corrected chi connectivity index (χ1v) is 5.04. The summed E-state index contributed by atoms with van der Waals surface area (Å²) in [5, 5.41) is 10.6. The molecule has 74 valence electrons. The van der Waals surface area contributed by atoms with Gasteiger partial charge in [0.2, 0.25) is 0 Å². The fourth-order valence-corrected chi connectivity index (χ4v) is 1.82. The lowest BCUT2D eigenvalue weighted by Gasteiger charge is -2.05. The van der Waals surface area contributed by atoms with Gasteiger partial charge >= 0.3 is 0 Å². The van der Waals surface area contributed by atoms with Gasteiger partial charge in [-0.15, -0.1) is 0 Å². The molecule has 2 rings (SSSR count). The topological polar surface area (TPSA) is 36.7 Å². The number of nitrogens with zero attached hydrogens (tertiary/aromatic N) is 2. The van der Waals surface area contributed by atoms with Crippen molar-refractivity contribution in [3.05, 3.63) is 39.5 Å². The normalized spacial score (nSPS) is 10.3. The van der Waals surface area contributed by atoms with E-state index in [0.29, 0.717) is 15.6 Å². The molecule has 0 atom stereocenters. The Balaban J connectivity index is 2.93. The summed E-state index contributed by atoms with van der Waals surface area (Å²) in [5.41, 5.74) is 2.00. The van der Waals surface area contributed by atoms with Gasteiger partial charge in [0.15, 0.2) is 0 Å². The van der Waals surface area contributed by atoms with Crippen molar-refractivity contribution < 1.29 is 0 Å². The van der Waals surface area contributed by atoms with Crippen LogP contribution in [0.4, 0.5) is 0 Å². The van der Waals surface area contributed by atoms with Gasteiger partial charge in [0.1, 0.15) is 6.07 Å². The van der Waals surface area contributed by atoms with Gasteiger partial charge in [-0.1, -0.05) is 23.2 Å². The molecule has 2 nitrogen and oxygen atoms in total. The fraction of sp³-hybridized carbons (Fsp3) is 0.0909. The van der Waals surface area contributed by atoms with E-state index in [9.17, 15) is 0 Å². The fourth-order valence-electron chi connectivity index (χ4n) is 1.43. The maximum atomic E-state index is 8.80. The number of pyridine rings is 1. The minimum Gasteiger partial charge on any atom is -0.254 e. The summed E-state index contributed by atoms with van der Waals surface area (Å²) in [5.74, 6) is 0. The van der Waals surface area contributed by atoms with E-state index in [1.165, 1.54) is 6.20 Å². The average molecular weight is 237 g/mol. The van der Waals surface area contributed by atoms with Crippen LogP contribution >= 0.6 is 23.2 Å². The van der Waals surface area contributed by atoms with E-state index in [4.69, 9.17) is 28.5 Å². The lowest BCUT2D eigenvalue weighted by Crippen LogP contribution is -1.88. The summed E-state index contributed by atoms with van der Waals surface area (Å²) in [7, 11) is 0. The summed E-state index contributed by atoms with van der Waals surface area (Å²) in [4.78, 5) is 4.18. The predicted octanol–water partition coefficient (Wildman–Crippen LogP) is 3.72. The third-order valence-electron chi connectivity index (χ3n) is 2.28. The molecule has 0 fully saturated rings. The highest BCUT2D eigenvalue weighted by atomic mass is 35.5. The maximum Gasteiger partial charge on any atom is 0.102 e. The highest BCUT2D eigenvalue weighted by Crippen LogP contribution is 2.30. The molecule has 0 amide bonds. The number of nitriles is 1. The predicted molar refractivity (Wildman–Crippen MR) is 61.2 cm³/mol. The minimum atomic E-state index is 0.380. The SMILES string of the molecule is Cc1c(Cl)ccc2c(Cl)c(C#N)cnc12. The monoisotopic (exact) mass is 236 g/mol. The van der Waals surface area contributed by atoms with Crippen molar-refractivity contribution in [3.8, 4) is 6.07 Å². The zero-order valence-electron chi connectivity index (χ0n) is 7.88. The molecule has 15 heavy (non-hydrogen) atoms. The number of aryl methyl sites for hydroxylation is 1. The van der Waals surface area contributed by atoms with E-state index in [-0.39, 0.29) is 0 Å². The first-order chi connectivity index (χ1) is 7.15. The van der Waals surface area contributed by atoms with Gasteiger partial charge in [-0.05, 0) is 24.6 Å². The molecule has 4 heteroatoms. The molecule has 0 saturated heterocycles. The number of rotatable bonds is 0. The number of hydrogen-bond donors (Lipinski definition) is 0. The average Bonchev–Trinajstić information content (AvgIpc) is 2.24. The van der Waals surface area contributed by atoms with Crippen LogP contribution in [0, 0.1) is 18.3 Å². The highest BCUT2D eigenvalue weighted by molar-refractivity contribution is 6.37. The van der Waals surface area contributed by atoms with Gasteiger partial charge in [-0.3, -0.25) is 4.98 Å². The van der Waals surface area contributed by atoms with Crippen LogP contribution < -0.4 is 0 Å². The smallest absolute Gasteiger partial charge is 0.102 e. The van der Waals surface area contributed by atoms with Crippen molar-refractivity contribution in [1.29, 1.82) is 5.26 Å². The van der Waals surface area contributed by atoms with Gasteiger partial charge in [-0.2, -0.15) is 5.26 Å². The summed E-state index contributed by atoms with van der Waals surface area (Å²) >= 11 is 12.0. The lowest BCUT2D eigenvalue weighted by atomic mass is 10.1. The van der Waals surface area contributed by atoms with Gasteiger partial charge in [0, 0.05) is 16.6 Å². The van der Waals surface area contributed by atoms with Crippen LogP contribution in [0.2, 0.25) is 10.0 Å². The third-order valence-corrected chi connectivity index (χ3v) is 3.10. The molecule has 0 bridgehead atoms. The molecule has 0 N–H and O–H groups in total. The van der Waals surface area contributed by atoms with Crippen molar-refractivity contribution in [1.82, 2.24) is 4.98 Å². The summed E-state index contributed by atoms with van der Waals surface area (Å²) in [6.07, 6.45) is 1.47. The molecule has 2 aromatic rings. The van der Waals surface area contributed by atoms with Crippen molar-refractivity contribution in [2.45, 2.75) is 6.92 Å². The van der Waals surface area contributed by atoms with E-state index >= 15 is 0 Å². The molecule has 0 spiro atoms. The van der Waals surface area contributed by atoms with E-state index in [1.807, 2.05) is 13.0 Å². The molecule has 0 aliphatic heterocycles. The maximum absolute atomic E-state index is 8.80. The number of benzene rings is 1. The van der Waals surface area contributed by atoms with E-state index in [1.54, 1.807) is 12.1 Å². The van der Waals surface area contributed by atoms with E-state index in [0.717, 1.165) is 16.5 Å². The number of halogens is 2. The van der Waals surface area contributed by atoms with Gasteiger partial charge < -0.3 is 0 Å². The largest absolute Gasteiger partial charge is 0.254 e. The Morgan fingerprint density at radius 3 is 2.73 bits per heavy atom. The summed E-state index contributed by atoms with van der Waals surface area (Å²) in [6.45, 7) is 1.88. The van der Waals surface area contributed by atoms with E-state index in [2.05, 4.69) is 4.98 Å². The number of aromatic nitrogens is 1. The van der Waals surface area contributed by atoms with Crippen molar-refractivity contribution in [2.24, 2.45) is 0 Å². The Labute approximate surface area is 97.1 Å². The number of fused-ring (bicyclic) bond motifs is 1. The zero-order chi connectivity index (χ0) is 11.0. The highest BCUT2D eigenvalue weighted by Gasteiger charge is 2.09. The first kappa shape index (κ1) is 10.2. The summed E-state index contributed by atoms with van der Waals surface area (Å²) in [6, 6.07) is 5.53. The van der Waals surface area contributed by atoms with E-state index < -0.39 is 0 Å². The molecule has 0 aliphatic rings. The van der Waals surface area contributed by atoms with Crippen LogP contribution in [-0.2, 0) is 0 Å². The zero-order valence-corrected chi connectivity index (χ0v) is 9.39. The van der Waals surface area contributed by atoms with Crippen molar-refractivity contribution in [2.75, 3.05) is 0 Å². The van der Waals surface area contributed by atoms with Crippen molar-refractivity contribution >= 4 is 34.1 Å². The molecule has 0 saturated carbocycles. The molecule has 1 aromatic carbocycles. The van der Waals surface area contributed by atoms with Gasteiger partial charge in [0.25, 0.3) is 0 Å². The van der Waals surface area contributed by atoms with Crippen LogP contribution in [0.5, 0.6) is 0 Å². The molecule has 1 heterocycles. The molecule has 1 aromatic heterocycles. The van der Waals surface area contributed by atoms with Crippen LogP contribution in [-0.4, -0.2) is 4.98 Å². The minimum absolute atomic E-state index is 0.380. The molecular weight excluding hydrogens is 231 g/mol. The Bertz CT molecular complexity index is 585. The Hall–Kier alpha value is -1.30. The Morgan fingerprint density at radius 1 is 1.33 bits per heavy atom.